The molecule has 2 nitrogen and oxygen atoms in total. The van der Waals surface area contributed by atoms with E-state index in [9.17, 15) is 8.78 Å². The van der Waals surface area contributed by atoms with Crippen LogP contribution in [0.1, 0.15) is 18.4 Å². The average Bonchev–Trinajstić information content (AvgIpc) is 2.25. The molecule has 1 aliphatic rings. The van der Waals surface area contributed by atoms with Gasteiger partial charge in [-0.2, -0.15) is 0 Å². The molecule has 2 rings (SSSR count). The Morgan fingerprint density at radius 3 is 2.50 bits per heavy atom. The molecular weight excluding hydrogens is 280 g/mol. The number of hydrogen-bond donors (Lipinski definition) is 1. The molecule has 0 saturated carbocycles. The Labute approximate surface area is 101 Å². The van der Waals surface area contributed by atoms with Crippen molar-refractivity contribution in [3.8, 4) is 0 Å². The van der Waals surface area contributed by atoms with Crippen molar-refractivity contribution in [3.05, 3.63) is 33.8 Å². The van der Waals surface area contributed by atoms with Crippen molar-refractivity contribution in [1.82, 2.24) is 0 Å². The van der Waals surface area contributed by atoms with Gasteiger partial charge in [-0.3, -0.25) is 0 Å². The first-order chi connectivity index (χ1) is 7.54. The van der Waals surface area contributed by atoms with Gasteiger partial charge in [-0.25, -0.2) is 8.78 Å². The minimum absolute atomic E-state index is 0.0369. The van der Waals surface area contributed by atoms with Gasteiger partial charge in [0.05, 0.1) is 10.0 Å². The first-order valence-electron chi connectivity index (χ1n) is 5.05. The van der Waals surface area contributed by atoms with E-state index in [1.807, 2.05) is 0 Å². The van der Waals surface area contributed by atoms with Gasteiger partial charge in [0.1, 0.15) is 11.6 Å². The molecular formula is C11H12BrF2NO. The van der Waals surface area contributed by atoms with E-state index < -0.39 is 17.2 Å². The lowest BCUT2D eigenvalue weighted by atomic mass is 9.83. The third kappa shape index (κ3) is 1.99. The van der Waals surface area contributed by atoms with E-state index in [0.717, 1.165) is 0 Å². The molecule has 1 aliphatic heterocycles. The maximum atomic E-state index is 13.9. The summed E-state index contributed by atoms with van der Waals surface area (Å²) in [6.45, 7) is 0.865. The summed E-state index contributed by atoms with van der Waals surface area (Å²) in [4.78, 5) is 0. The summed E-state index contributed by atoms with van der Waals surface area (Å²) >= 11 is 3.04. The lowest BCUT2D eigenvalue weighted by Crippen LogP contribution is -2.43. The van der Waals surface area contributed by atoms with Crippen molar-refractivity contribution >= 4 is 15.9 Å². The molecule has 1 saturated heterocycles. The highest BCUT2D eigenvalue weighted by Crippen LogP contribution is 2.35. The molecule has 0 atom stereocenters. The maximum Gasteiger partial charge on any atom is 0.145 e. The first kappa shape index (κ1) is 12.0. The third-order valence-corrected chi connectivity index (χ3v) is 3.54. The fraction of sp³-hybridized carbons (Fsp3) is 0.455. The van der Waals surface area contributed by atoms with Crippen LogP contribution < -0.4 is 5.73 Å². The van der Waals surface area contributed by atoms with Crippen LogP contribution in [0.2, 0.25) is 0 Å². The SMILES string of the molecule is NC1(c2c(F)ccc(Br)c2F)CCOCC1. The Hall–Kier alpha value is -0.520. The van der Waals surface area contributed by atoms with Crippen LogP contribution >= 0.6 is 15.9 Å². The van der Waals surface area contributed by atoms with E-state index >= 15 is 0 Å². The summed E-state index contributed by atoms with van der Waals surface area (Å²) in [6, 6.07) is 2.57. The second-order valence-corrected chi connectivity index (χ2v) is 4.84. The summed E-state index contributed by atoms with van der Waals surface area (Å²) in [5.74, 6) is -1.20. The maximum absolute atomic E-state index is 13.9. The fourth-order valence-corrected chi connectivity index (χ4v) is 2.30. The standard InChI is InChI=1S/C11H12BrF2NO/c12-7-1-2-8(13)9(10(7)14)11(15)3-5-16-6-4-11/h1-2H,3-6,15H2. The summed E-state index contributed by atoms with van der Waals surface area (Å²) < 4.78 is 33.0. The van der Waals surface area contributed by atoms with E-state index in [0.29, 0.717) is 26.1 Å². The van der Waals surface area contributed by atoms with Gasteiger partial charge in [-0.15, -0.1) is 0 Å². The second kappa shape index (κ2) is 4.39. The van der Waals surface area contributed by atoms with Crippen LogP contribution in [-0.2, 0) is 10.3 Å². The molecule has 0 unspecified atom stereocenters. The molecule has 0 aromatic heterocycles. The predicted molar refractivity (Wildman–Crippen MR) is 60.0 cm³/mol. The third-order valence-electron chi connectivity index (χ3n) is 2.93. The van der Waals surface area contributed by atoms with Crippen LogP contribution in [0.15, 0.2) is 16.6 Å². The molecule has 1 fully saturated rings. The number of halogens is 3. The zero-order valence-corrected chi connectivity index (χ0v) is 10.2. The number of benzene rings is 1. The molecule has 2 N–H and O–H groups in total. The van der Waals surface area contributed by atoms with Crippen molar-refractivity contribution in [2.75, 3.05) is 13.2 Å². The van der Waals surface area contributed by atoms with E-state index in [2.05, 4.69) is 15.9 Å². The topological polar surface area (TPSA) is 35.2 Å². The highest BCUT2D eigenvalue weighted by atomic mass is 79.9. The molecule has 1 heterocycles. The van der Waals surface area contributed by atoms with E-state index in [1.165, 1.54) is 12.1 Å². The van der Waals surface area contributed by atoms with Crippen LogP contribution in [0.25, 0.3) is 0 Å². The van der Waals surface area contributed by atoms with Gasteiger partial charge in [-0.05, 0) is 40.9 Å². The Kier molecular flexibility index (Phi) is 3.28. The van der Waals surface area contributed by atoms with Crippen molar-refractivity contribution in [2.45, 2.75) is 18.4 Å². The van der Waals surface area contributed by atoms with Gasteiger partial charge in [0.2, 0.25) is 0 Å². The summed E-state index contributed by atoms with van der Waals surface area (Å²) in [7, 11) is 0. The number of hydrogen-bond acceptors (Lipinski definition) is 2. The minimum Gasteiger partial charge on any atom is -0.381 e. The van der Waals surface area contributed by atoms with Crippen molar-refractivity contribution < 1.29 is 13.5 Å². The van der Waals surface area contributed by atoms with Gasteiger partial charge in [0, 0.05) is 18.8 Å². The molecule has 0 aliphatic carbocycles. The zero-order chi connectivity index (χ0) is 11.8. The molecule has 1 aromatic carbocycles. The Balaban J connectivity index is 2.49. The van der Waals surface area contributed by atoms with Gasteiger partial charge in [0.15, 0.2) is 0 Å². The molecule has 1 aromatic rings. The largest absolute Gasteiger partial charge is 0.381 e. The highest BCUT2D eigenvalue weighted by molar-refractivity contribution is 9.10. The fourth-order valence-electron chi connectivity index (χ4n) is 1.97. The zero-order valence-electron chi connectivity index (χ0n) is 8.60. The minimum atomic E-state index is -0.962. The Bertz CT molecular complexity index is 405. The highest BCUT2D eigenvalue weighted by Gasteiger charge is 2.35. The smallest absolute Gasteiger partial charge is 0.145 e. The van der Waals surface area contributed by atoms with Crippen molar-refractivity contribution in [2.24, 2.45) is 5.73 Å². The molecule has 0 bridgehead atoms. The predicted octanol–water partition coefficient (Wildman–Crippen LogP) is 2.69. The van der Waals surface area contributed by atoms with E-state index in [-0.39, 0.29) is 10.0 Å². The number of nitrogens with two attached hydrogens (primary N) is 1. The molecule has 16 heavy (non-hydrogen) atoms. The van der Waals surface area contributed by atoms with Crippen LogP contribution in [0.4, 0.5) is 8.78 Å². The number of ether oxygens (including phenoxy) is 1. The lowest BCUT2D eigenvalue weighted by Gasteiger charge is -2.34. The first-order valence-corrected chi connectivity index (χ1v) is 5.84. The average molecular weight is 292 g/mol. The quantitative estimate of drug-likeness (QED) is 0.808. The molecule has 0 amide bonds. The van der Waals surface area contributed by atoms with Crippen LogP contribution in [0.5, 0.6) is 0 Å². The molecule has 88 valence electrons. The second-order valence-electron chi connectivity index (χ2n) is 3.99. The normalized spacial score (nSPS) is 19.8. The molecule has 0 radical (unpaired) electrons. The molecule has 5 heteroatoms. The van der Waals surface area contributed by atoms with Crippen LogP contribution in [0.3, 0.4) is 0 Å². The van der Waals surface area contributed by atoms with Crippen LogP contribution in [0, 0.1) is 11.6 Å². The van der Waals surface area contributed by atoms with Crippen molar-refractivity contribution in [3.63, 3.8) is 0 Å². The summed E-state index contributed by atoms with van der Waals surface area (Å²) in [6.07, 6.45) is 0.856. The van der Waals surface area contributed by atoms with E-state index in [4.69, 9.17) is 10.5 Å². The van der Waals surface area contributed by atoms with E-state index in [1.54, 1.807) is 0 Å². The Morgan fingerprint density at radius 2 is 1.88 bits per heavy atom. The Morgan fingerprint density at radius 1 is 1.25 bits per heavy atom. The van der Waals surface area contributed by atoms with Gasteiger partial charge >= 0.3 is 0 Å². The number of rotatable bonds is 1. The van der Waals surface area contributed by atoms with Gasteiger partial charge in [0.25, 0.3) is 0 Å². The van der Waals surface area contributed by atoms with Gasteiger partial charge in [-0.1, -0.05) is 0 Å². The monoisotopic (exact) mass is 291 g/mol. The summed E-state index contributed by atoms with van der Waals surface area (Å²) in [5.41, 5.74) is 5.07. The van der Waals surface area contributed by atoms with Crippen LogP contribution in [-0.4, -0.2) is 13.2 Å². The van der Waals surface area contributed by atoms with Crippen molar-refractivity contribution in [1.29, 1.82) is 0 Å². The molecule has 0 spiro atoms. The van der Waals surface area contributed by atoms with Gasteiger partial charge < -0.3 is 10.5 Å². The summed E-state index contributed by atoms with van der Waals surface area (Å²) in [5, 5.41) is 0. The lowest BCUT2D eigenvalue weighted by molar-refractivity contribution is 0.0497.